The molecule has 0 saturated carbocycles. The molecule has 1 amide bonds. The zero-order valence-corrected chi connectivity index (χ0v) is 10.7. The zero-order valence-electron chi connectivity index (χ0n) is 9.88. The molecule has 2 rings (SSSR count). The summed E-state index contributed by atoms with van der Waals surface area (Å²) < 4.78 is 0. The second-order valence-corrected chi connectivity index (χ2v) is 4.50. The number of benzene rings is 1. The topological polar surface area (TPSA) is 68.0 Å². The fourth-order valence-corrected chi connectivity index (χ4v) is 1.88. The SMILES string of the molecule is CSc1ccc(NC(=O)c2ncccc2N)cc1. The highest BCUT2D eigenvalue weighted by molar-refractivity contribution is 7.98. The molecule has 0 aliphatic rings. The summed E-state index contributed by atoms with van der Waals surface area (Å²) in [6, 6.07) is 10.9. The molecule has 0 radical (unpaired) electrons. The third-order valence-corrected chi connectivity index (χ3v) is 3.15. The van der Waals surface area contributed by atoms with E-state index < -0.39 is 0 Å². The summed E-state index contributed by atoms with van der Waals surface area (Å²) in [5.74, 6) is -0.301. The van der Waals surface area contributed by atoms with Gasteiger partial charge in [-0.3, -0.25) is 4.79 Å². The van der Waals surface area contributed by atoms with Crippen LogP contribution in [-0.2, 0) is 0 Å². The van der Waals surface area contributed by atoms with E-state index in [-0.39, 0.29) is 11.6 Å². The van der Waals surface area contributed by atoms with E-state index in [0.29, 0.717) is 5.69 Å². The maximum atomic E-state index is 11.9. The van der Waals surface area contributed by atoms with E-state index >= 15 is 0 Å². The Balaban J connectivity index is 2.14. The second kappa shape index (κ2) is 5.55. The molecule has 2 aromatic rings. The normalized spacial score (nSPS) is 10.1. The lowest BCUT2D eigenvalue weighted by Crippen LogP contribution is -2.15. The van der Waals surface area contributed by atoms with Gasteiger partial charge in [-0.05, 0) is 42.7 Å². The van der Waals surface area contributed by atoms with Crippen molar-refractivity contribution in [3.05, 3.63) is 48.3 Å². The highest BCUT2D eigenvalue weighted by Gasteiger charge is 2.10. The quantitative estimate of drug-likeness (QED) is 0.831. The van der Waals surface area contributed by atoms with Gasteiger partial charge >= 0.3 is 0 Å². The van der Waals surface area contributed by atoms with Crippen LogP contribution in [0, 0.1) is 0 Å². The van der Waals surface area contributed by atoms with Gasteiger partial charge in [0.1, 0.15) is 0 Å². The van der Waals surface area contributed by atoms with Crippen LogP contribution in [0.4, 0.5) is 11.4 Å². The second-order valence-electron chi connectivity index (χ2n) is 3.62. The maximum absolute atomic E-state index is 11.9. The van der Waals surface area contributed by atoms with Gasteiger partial charge in [0.05, 0.1) is 5.69 Å². The van der Waals surface area contributed by atoms with Crippen molar-refractivity contribution >= 4 is 29.0 Å². The van der Waals surface area contributed by atoms with E-state index in [9.17, 15) is 4.79 Å². The molecule has 4 nitrogen and oxygen atoms in total. The van der Waals surface area contributed by atoms with Gasteiger partial charge in [0.25, 0.3) is 5.91 Å². The Hall–Kier alpha value is -2.01. The molecule has 0 saturated heterocycles. The third-order valence-electron chi connectivity index (χ3n) is 2.40. The van der Waals surface area contributed by atoms with Crippen molar-refractivity contribution in [2.75, 3.05) is 17.3 Å². The standard InChI is InChI=1S/C13H13N3OS/c1-18-10-6-4-9(5-7-10)16-13(17)12-11(14)3-2-8-15-12/h2-8H,14H2,1H3,(H,16,17). The first-order chi connectivity index (χ1) is 8.70. The number of anilines is 2. The van der Waals surface area contributed by atoms with Gasteiger partial charge < -0.3 is 11.1 Å². The Kier molecular flexibility index (Phi) is 3.84. The first kappa shape index (κ1) is 12.4. The van der Waals surface area contributed by atoms with Crippen molar-refractivity contribution < 1.29 is 4.79 Å². The Morgan fingerprint density at radius 1 is 1.28 bits per heavy atom. The molecule has 0 aliphatic heterocycles. The van der Waals surface area contributed by atoms with Gasteiger partial charge in [0.15, 0.2) is 5.69 Å². The Bertz CT molecular complexity index is 554. The average molecular weight is 259 g/mol. The highest BCUT2D eigenvalue weighted by atomic mass is 32.2. The molecule has 1 aromatic heterocycles. The van der Waals surface area contributed by atoms with Crippen molar-refractivity contribution in [3.63, 3.8) is 0 Å². The van der Waals surface area contributed by atoms with Crippen molar-refractivity contribution in [1.29, 1.82) is 0 Å². The number of nitrogens with one attached hydrogen (secondary N) is 1. The minimum absolute atomic E-state index is 0.242. The van der Waals surface area contributed by atoms with Gasteiger partial charge in [-0.1, -0.05) is 0 Å². The lowest BCUT2D eigenvalue weighted by Gasteiger charge is -2.06. The molecule has 1 heterocycles. The number of nitrogen functional groups attached to an aromatic ring is 1. The van der Waals surface area contributed by atoms with Crippen LogP contribution in [0.2, 0.25) is 0 Å². The first-order valence-corrected chi connectivity index (χ1v) is 6.59. The lowest BCUT2D eigenvalue weighted by molar-refractivity contribution is 0.102. The van der Waals surface area contributed by atoms with Gasteiger partial charge in [-0.25, -0.2) is 4.98 Å². The number of carbonyl (C=O) groups excluding carboxylic acids is 1. The van der Waals surface area contributed by atoms with Crippen LogP contribution < -0.4 is 11.1 Å². The van der Waals surface area contributed by atoms with Crippen molar-refractivity contribution in [1.82, 2.24) is 4.98 Å². The van der Waals surface area contributed by atoms with Crippen LogP contribution in [0.1, 0.15) is 10.5 Å². The number of pyridine rings is 1. The van der Waals surface area contributed by atoms with Gasteiger partial charge in [-0.15, -0.1) is 11.8 Å². The Morgan fingerprint density at radius 2 is 2.00 bits per heavy atom. The van der Waals surface area contributed by atoms with Crippen LogP contribution in [0.15, 0.2) is 47.5 Å². The highest BCUT2D eigenvalue weighted by Crippen LogP contribution is 2.18. The molecular formula is C13H13N3OS. The molecule has 18 heavy (non-hydrogen) atoms. The number of nitrogens with zero attached hydrogens (tertiary/aromatic N) is 1. The molecule has 0 fully saturated rings. The number of hydrogen-bond acceptors (Lipinski definition) is 4. The van der Waals surface area contributed by atoms with Gasteiger partial charge in [0.2, 0.25) is 0 Å². The smallest absolute Gasteiger partial charge is 0.276 e. The predicted octanol–water partition coefficient (Wildman–Crippen LogP) is 2.64. The molecule has 0 bridgehead atoms. The molecule has 0 unspecified atom stereocenters. The molecule has 3 N–H and O–H groups in total. The molecule has 0 aliphatic carbocycles. The third kappa shape index (κ3) is 2.81. The summed E-state index contributed by atoms with van der Waals surface area (Å²) in [5, 5.41) is 2.76. The summed E-state index contributed by atoms with van der Waals surface area (Å²) in [5.41, 5.74) is 7.03. The minimum atomic E-state index is -0.301. The summed E-state index contributed by atoms with van der Waals surface area (Å²) >= 11 is 1.65. The van der Waals surface area contributed by atoms with Crippen LogP contribution in [0.25, 0.3) is 0 Å². The summed E-state index contributed by atoms with van der Waals surface area (Å²) in [4.78, 5) is 17.0. The molecule has 1 aromatic carbocycles. The number of aromatic nitrogens is 1. The van der Waals surface area contributed by atoms with E-state index in [0.717, 1.165) is 10.6 Å². The minimum Gasteiger partial charge on any atom is -0.397 e. The number of nitrogens with two attached hydrogens (primary N) is 1. The molecule has 92 valence electrons. The van der Waals surface area contributed by atoms with Gasteiger partial charge in [0, 0.05) is 16.8 Å². The van der Waals surface area contributed by atoms with E-state index in [1.54, 1.807) is 30.1 Å². The predicted molar refractivity (Wildman–Crippen MR) is 74.8 cm³/mol. The Morgan fingerprint density at radius 3 is 2.61 bits per heavy atom. The number of rotatable bonds is 3. The van der Waals surface area contributed by atoms with Crippen molar-refractivity contribution in [2.45, 2.75) is 4.90 Å². The monoisotopic (exact) mass is 259 g/mol. The van der Waals surface area contributed by atoms with E-state index in [2.05, 4.69) is 10.3 Å². The van der Waals surface area contributed by atoms with E-state index in [1.165, 1.54) is 0 Å². The average Bonchev–Trinajstić information content (AvgIpc) is 2.40. The van der Waals surface area contributed by atoms with Crippen LogP contribution in [-0.4, -0.2) is 17.1 Å². The van der Waals surface area contributed by atoms with Crippen LogP contribution in [0.5, 0.6) is 0 Å². The number of carbonyl (C=O) groups is 1. The molecule has 0 atom stereocenters. The van der Waals surface area contributed by atoms with Crippen LogP contribution >= 0.6 is 11.8 Å². The van der Waals surface area contributed by atoms with Crippen molar-refractivity contribution in [2.24, 2.45) is 0 Å². The fourth-order valence-electron chi connectivity index (χ4n) is 1.47. The largest absolute Gasteiger partial charge is 0.397 e. The summed E-state index contributed by atoms with van der Waals surface area (Å²) in [6.07, 6.45) is 3.55. The van der Waals surface area contributed by atoms with E-state index in [4.69, 9.17) is 5.73 Å². The van der Waals surface area contributed by atoms with Gasteiger partial charge in [-0.2, -0.15) is 0 Å². The first-order valence-electron chi connectivity index (χ1n) is 5.36. The number of hydrogen-bond donors (Lipinski definition) is 2. The van der Waals surface area contributed by atoms with Crippen LogP contribution in [0.3, 0.4) is 0 Å². The Labute approximate surface area is 110 Å². The summed E-state index contributed by atoms with van der Waals surface area (Å²) in [7, 11) is 0. The van der Waals surface area contributed by atoms with E-state index in [1.807, 2.05) is 30.5 Å². The number of amides is 1. The molecule has 5 heteroatoms. The lowest BCUT2D eigenvalue weighted by atomic mass is 10.2. The summed E-state index contributed by atoms with van der Waals surface area (Å²) in [6.45, 7) is 0. The fraction of sp³-hybridized carbons (Fsp3) is 0.0769. The van der Waals surface area contributed by atoms with Crippen molar-refractivity contribution in [3.8, 4) is 0 Å². The molecule has 0 spiro atoms. The zero-order chi connectivity index (χ0) is 13.0. The molecular weight excluding hydrogens is 246 g/mol. The maximum Gasteiger partial charge on any atom is 0.276 e. The number of thioether (sulfide) groups is 1.